The van der Waals surface area contributed by atoms with Crippen molar-refractivity contribution in [1.29, 1.82) is 0 Å². The minimum absolute atomic E-state index is 0.211. The van der Waals surface area contributed by atoms with Crippen molar-refractivity contribution in [2.75, 3.05) is 10.6 Å². The topological polar surface area (TPSA) is 58.2 Å². The molecule has 0 heterocycles. The number of anilines is 2. The van der Waals surface area contributed by atoms with Crippen LogP contribution in [0.5, 0.6) is 0 Å². The van der Waals surface area contributed by atoms with E-state index in [9.17, 15) is 9.59 Å². The van der Waals surface area contributed by atoms with Gasteiger partial charge < -0.3 is 10.6 Å². The molecule has 0 unspecified atom stereocenters. The van der Waals surface area contributed by atoms with Gasteiger partial charge in [-0.2, -0.15) is 0 Å². The fraction of sp³-hybridized carbons (Fsp3) is 0. The van der Waals surface area contributed by atoms with E-state index < -0.39 is 0 Å². The number of carbonyl (C=O) groups excluding carboxylic acids is 2. The van der Waals surface area contributed by atoms with Crippen LogP contribution in [0.1, 0.15) is 20.7 Å². The van der Waals surface area contributed by atoms with E-state index in [1.54, 1.807) is 48.5 Å². The third-order valence-corrected chi connectivity index (χ3v) is 4.80. The quantitative estimate of drug-likeness (QED) is 0.441. The summed E-state index contributed by atoms with van der Waals surface area (Å²) >= 11 is 5.84. The highest BCUT2D eigenvalue weighted by Gasteiger charge is 2.10. The summed E-state index contributed by atoms with van der Waals surface area (Å²) in [6.07, 6.45) is 0. The maximum Gasteiger partial charge on any atom is 0.255 e. The van der Waals surface area contributed by atoms with Gasteiger partial charge in [-0.1, -0.05) is 48.0 Å². The molecule has 4 aromatic rings. The van der Waals surface area contributed by atoms with Crippen LogP contribution < -0.4 is 10.6 Å². The van der Waals surface area contributed by atoms with E-state index in [1.165, 1.54) is 0 Å². The van der Waals surface area contributed by atoms with Crippen molar-refractivity contribution in [1.82, 2.24) is 0 Å². The lowest BCUT2D eigenvalue weighted by Crippen LogP contribution is -2.13. The van der Waals surface area contributed by atoms with E-state index in [0.29, 0.717) is 21.8 Å². The molecule has 4 aromatic carbocycles. The molecule has 0 spiro atoms. The van der Waals surface area contributed by atoms with Crippen LogP contribution in [0.3, 0.4) is 0 Å². The van der Waals surface area contributed by atoms with E-state index in [2.05, 4.69) is 10.6 Å². The van der Waals surface area contributed by atoms with Gasteiger partial charge >= 0.3 is 0 Å². The first kappa shape index (κ1) is 18.7. The third-order valence-electron chi connectivity index (χ3n) is 4.55. The Bertz CT molecular complexity index is 1180. The number of hydrogen-bond donors (Lipinski definition) is 2. The summed E-state index contributed by atoms with van der Waals surface area (Å²) in [7, 11) is 0. The molecular weight excluding hydrogens is 384 g/mol. The highest BCUT2D eigenvalue weighted by molar-refractivity contribution is 6.30. The Morgan fingerprint density at radius 3 is 1.93 bits per heavy atom. The molecule has 29 heavy (non-hydrogen) atoms. The first-order valence-electron chi connectivity index (χ1n) is 9.06. The van der Waals surface area contributed by atoms with Gasteiger partial charge in [-0.3, -0.25) is 9.59 Å². The van der Waals surface area contributed by atoms with Crippen molar-refractivity contribution in [3.8, 4) is 0 Å². The summed E-state index contributed by atoms with van der Waals surface area (Å²) in [4.78, 5) is 24.9. The number of nitrogens with one attached hydrogen (secondary N) is 2. The van der Waals surface area contributed by atoms with Crippen LogP contribution in [-0.4, -0.2) is 11.8 Å². The standard InChI is InChI=1S/C24H17ClN2O2/c25-19-12-8-17(9-13-19)23(28)26-20-14-10-18(11-15-20)24(29)27-22-7-3-5-16-4-1-2-6-21(16)22/h1-15H,(H,26,28)(H,27,29). The van der Waals surface area contributed by atoms with Crippen LogP contribution in [0, 0.1) is 0 Å². The monoisotopic (exact) mass is 400 g/mol. The van der Waals surface area contributed by atoms with Gasteiger partial charge in [0.1, 0.15) is 0 Å². The van der Waals surface area contributed by atoms with E-state index in [4.69, 9.17) is 11.6 Å². The molecule has 0 fully saturated rings. The zero-order chi connectivity index (χ0) is 20.2. The molecule has 0 aromatic heterocycles. The van der Waals surface area contributed by atoms with Gasteiger partial charge in [0, 0.05) is 32.9 Å². The average molecular weight is 401 g/mol. The summed E-state index contributed by atoms with van der Waals surface area (Å²) in [6.45, 7) is 0. The third kappa shape index (κ3) is 4.28. The van der Waals surface area contributed by atoms with Crippen molar-refractivity contribution >= 4 is 45.6 Å². The van der Waals surface area contributed by atoms with Crippen molar-refractivity contribution < 1.29 is 9.59 Å². The molecule has 0 atom stereocenters. The Morgan fingerprint density at radius 1 is 0.621 bits per heavy atom. The van der Waals surface area contributed by atoms with Crippen LogP contribution in [0.15, 0.2) is 91.0 Å². The Labute approximate surface area is 173 Å². The van der Waals surface area contributed by atoms with Crippen LogP contribution in [0.4, 0.5) is 11.4 Å². The zero-order valence-corrected chi connectivity index (χ0v) is 16.1. The molecular formula is C24H17ClN2O2. The summed E-state index contributed by atoms with van der Waals surface area (Å²) in [6, 6.07) is 27.1. The summed E-state index contributed by atoms with van der Waals surface area (Å²) in [5.74, 6) is -0.452. The first-order chi connectivity index (χ1) is 14.1. The van der Waals surface area contributed by atoms with Crippen LogP contribution >= 0.6 is 11.6 Å². The normalized spacial score (nSPS) is 10.5. The Kier molecular flexibility index (Phi) is 5.27. The van der Waals surface area contributed by atoms with Gasteiger partial charge in [-0.05, 0) is 60.0 Å². The molecule has 0 aliphatic carbocycles. The molecule has 2 amide bonds. The summed E-state index contributed by atoms with van der Waals surface area (Å²) in [5, 5.41) is 8.37. The highest BCUT2D eigenvalue weighted by Crippen LogP contribution is 2.23. The second-order valence-electron chi connectivity index (χ2n) is 6.52. The maximum atomic E-state index is 12.6. The van der Waals surface area contributed by atoms with Crippen molar-refractivity contribution in [3.05, 3.63) is 107 Å². The average Bonchev–Trinajstić information content (AvgIpc) is 2.75. The Balaban J connectivity index is 1.46. The van der Waals surface area contributed by atoms with Crippen LogP contribution in [0.2, 0.25) is 5.02 Å². The second kappa shape index (κ2) is 8.17. The minimum Gasteiger partial charge on any atom is -0.322 e. The molecule has 142 valence electrons. The molecule has 0 aliphatic heterocycles. The number of fused-ring (bicyclic) bond motifs is 1. The number of rotatable bonds is 4. The fourth-order valence-corrected chi connectivity index (χ4v) is 3.16. The summed E-state index contributed by atoms with van der Waals surface area (Å²) in [5.41, 5.74) is 2.37. The fourth-order valence-electron chi connectivity index (χ4n) is 3.04. The smallest absolute Gasteiger partial charge is 0.255 e. The number of carbonyl (C=O) groups is 2. The van der Waals surface area contributed by atoms with E-state index >= 15 is 0 Å². The lowest BCUT2D eigenvalue weighted by Gasteiger charge is -2.10. The lowest BCUT2D eigenvalue weighted by atomic mass is 10.1. The lowest BCUT2D eigenvalue weighted by molar-refractivity contribution is 0.102. The number of benzene rings is 4. The number of amides is 2. The molecule has 0 saturated carbocycles. The number of halogens is 1. The van der Waals surface area contributed by atoms with Gasteiger partial charge in [-0.25, -0.2) is 0 Å². The Morgan fingerprint density at radius 2 is 1.21 bits per heavy atom. The molecule has 5 heteroatoms. The predicted octanol–water partition coefficient (Wildman–Crippen LogP) is 6.00. The molecule has 0 radical (unpaired) electrons. The molecule has 4 nitrogen and oxygen atoms in total. The van der Waals surface area contributed by atoms with Crippen LogP contribution in [-0.2, 0) is 0 Å². The molecule has 2 N–H and O–H groups in total. The van der Waals surface area contributed by atoms with Crippen LogP contribution in [0.25, 0.3) is 10.8 Å². The van der Waals surface area contributed by atoms with E-state index in [1.807, 2.05) is 42.5 Å². The summed E-state index contributed by atoms with van der Waals surface area (Å²) < 4.78 is 0. The predicted molar refractivity (Wildman–Crippen MR) is 118 cm³/mol. The molecule has 0 saturated heterocycles. The minimum atomic E-state index is -0.241. The molecule has 4 rings (SSSR count). The second-order valence-corrected chi connectivity index (χ2v) is 6.96. The van der Waals surface area contributed by atoms with Crippen molar-refractivity contribution in [3.63, 3.8) is 0 Å². The van der Waals surface area contributed by atoms with Crippen molar-refractivity contribution in [2.24, 2.45) is 0 Å². The van der Waals surface area contributed by atoms with Gasteiger partial charge in [-0.15, -0.1) is 0 Å². The first-order valence-corrected chi connectivity index (χ1v) is 9.44. The highest BCUT2D eigenvalue weighted by atomic mass is 35.5. The van der Waals surface area contributed by atoms with Gasteiger partial charge in [0.05, 0.1) is 0 Å². The largest absolute Gasteiger partial charge is 0.322 e. The Hall–Kier alpha value is -3.63. The van der Waals surface area contributed by atoms with E-state index in [0.717, 1.165) is 16.5 Å². The maximum absolute atomic E-state index is 12.6. The van der Waals surface area contributed by atoms with Gasteiger partial charge in [0.15, 0.2) is 0 Å². The van der Waals surface area contributed by atoms with E-state index in [-0.39, 0.29) is 11.8 Å². The molecule has 0 aliphatic rings. The van der Waals surface area contributed by atoms with Gasteiger partial charge in [0.2, 0.25) is 0 Å². The van der Waals surface area contributed by atoms with Crippen molar-refractivity contribution in [2.45, 2.75) is 0 Å². The zero-order valence-electron chi connectivity index (χ0n) is 15.4. The van der Waals surface area contributed by atoms with Gasteiger partial charge in [0.25, 0.3) is 11.8 Å². The molecule has 0 bridgehead atoms. The number of hydrogen-bond acceptors (Lipinski definition) is 2. The SMILES string of the molecule is O=C(Nc1ccc(C(=O)Nc2cccc3ccccc23)cc1)c1ccc(Cl)cc1.